The van der Waals surface area contributed by atoms with Gasteiger partial charge in [-0.05, 0) is 25.1 Å². The lowest BCUT2D eigenvalue weighted by Crippen LogP contribution is -2.52. The molecule has 0 spiro atoms. The lowest BCUT2D eigenvalue weighted by atomic mass is 10.1. The first-order valence-corrected chi connectivity index (χ1v) is 6.72. The standard InChI is InChI=1S/C14H17N5O.2ClH/c1-11-8-15-5-6-18(11)14(20)12-3-2-4-13(7-12)19-10-16-9-17-19;;/h2-4,7,9-11,15H,5-6,8H2,1H3;2*1H/t11-;;/m0../s1. The van der Waals surface area contributed by atoms with Gasteiger partial charge < -0.3 is 10.2 Å². The van der Waals surface area contributed by atoms with Crippen LogP contribution < -0.4 is 5.32 Å². The highest BCUT2D eigenvalue weighted by Crippen LogP contribution is 2.14. The average Bonchev–Trinajstić information content (AvgIpc) is 3.01. The van der Waals surface area contributed by atoms with Crippen LogP contribution >= 0.6 is 24.8 Å². The fourth-order valence-electron chi connectivity index (χ4n) is 2.43. The third-order valence-electron chi connectivity index (χ3n) is 3.54. The number of carbonyl (C=O) groups is 1. The van der Waals surface area contributed by atoms with Crippen LogP contribution in [0.2, 0.25) is 0 Å². The summed E-state index contributed by atoms with van der Waals surface area (Å²) < 4.78 is 1.65. The van der Waals surface area contributed by atoms with Crippen LogP contribution in [0.1, 0.15) is 17.3 Å². The molecule has 1 aromatic heterocycles. The predicted molar refractivity (Wildman–Crippen MR) is 89.2 cm³/mol. The van der Waals surface area contributed by atoms with Crippen molar-refractivity contribution >= 4 is 30.7 Å². The van der Waals surface area contributed by atoms with Crippen LogP contribution in [0.25, 0.3) is 5.69 Å². The predicted octanol–water partition coefficient (Wildman–Crippen LogP) is 1.54. The largest absolute Gasteiger partial charge is 0.333 e. The normalized spacial score (nSPS) is 17.3. The van der Waals surface area contributed by atoms with Crippen molar-refractivity contribution in [3.63, 3.8) is 0 Å². The van der Waals surface area contributed by atoms with Gasteiger partial charge in [-0.25, -0.2) is 9.67 Å². The van der Waals surface area contributed by atoms with Gasteiger partial charge in [0.2, 0.25) is 0 Å². The Morgan fingerprint density at radius 1 is 1.36 bits per heavy atom. The van der Waals surface area contributed by atoms with Gasteiger partial charge in [0, 0.05) is 31.2 Å². The third-order valence-corrected chi connectivity index (χ3v) is 3.54. The minimum absolute atomic E-state index is 0. The molecule has 1 fully saturated rings. The summed E-state index contributed by atoms with van der Waals surface area (Å²) in [6, 6.07) is 7.69. The van der Waals surface area contributed by atoms with Crippen LogP contribution in [-0.2, 0) is 0 Å². The molecule has 0 saturated carbocycles. The third kappa shape index (κ3) is 3.76. The lowest BCUT2D eigenvalue weighted by Gasteiger charge is -2.34. The molecule has 0 aliphatic carbocycles. The molecule has 3 rings (SSSR count). The van der Waals surface area contributed by atoms with Crippen molar-refractivity contribution in [1.82, 2.24) is 25.0 Å². The number of aromatic nitrogens is 3. The molecular formula is C14H19Cl2N5O. The van der Waals surface area contributed by atoms with Crippen LogP contribution in [-0.4, -0.2) is 51.2 Å². The summed E-state index contributed by atoms with van der Waals surface area (Å²) >= 11 is 0. The van der Waals surface area contributed by atoms with Crippen LogP contribution in [0.3, 0.4) is 0 Å². The highest BCUT2D eigenvalue weighted by Gasteiger charge is 2.24. The second kappa shape index (κ2) is 8.12. The van der Waals surface area contributed by atoms with E-state index in [1.54, 1.807) is 11.0 Å². The van der Waals surface area contributed by atoms with E-state index in [4.69, 9.17) is 0 Å². The number of piperazine rings is 1. The highest BCUT2D eigenvalue weighted by atomic mass is 35.5. The van der Waals surface area contributed by atoms with Crippen LogP contribution in [0.5, 0.6) is 0 Å². The average molecular weight is 344 g/mol. The highest BCUT2D eigenvalue weighted by molar-refractivity contribution is 5.95. The first kappa shape index (κ1) is 18.4. The fraction of sp³-hybridized carbons (Fsp3) is 0.357. The van der Waals surface area contributed by atoms with E-state index in [1.807, 2.05) is 29.2 Å². The van der Waals surface area contributed by atoms with E-state index in [-0.39, 0.29) is 36.8 Å². The van der Waals surface area contributed by atoms with E-state index in [0.717, 1.165) is 25.3 Å². The smallest absolute Gasteiger partial charge is 0.254 e. The topological polar surface area (TPSA) is 63.1 Å². The molecule has 0 radical (unpaired) electrons. The second-order valence-corrected chi connectivity index (χ2v) is 4.94. The van der Waals surface area contributed by atoms with E-state index >= 15 is 0 Å². The van der Waals surface area contributed by atoms with Crippen molar-refractivity contribution in [2.75, 3.05) is 19.6 Å². The molecule has 2 heterocycles. The quantitative estimate of drug-likeness (QED) is 0.898. The summed E-state index contributed by atoms with van der Waals surface area (Å²) in [4.78, 5) is 18.4. The van der Waals surface area contributed by atoms with Gasteiger partial charge in [0.1, 0.15) is 12.7 Å². The van der Waals surface area contributed by atoms with Crippen LogP contribution in [0.4, 0.5) is 0 Å². The molecule has 0 bridgehead atoms. The lowest BCUT2D eigenvalue weighted by molar-refractivity contribution is 0.0655. The maximum Gasteiger partial charge on any atom is 0.254 e. The van der Waals surface area contributed by atoms with Crippen LogP contribution in [0.15, 0.2) is 36.9 Å². The molecule has 6 nitrogen and oxygen atoms in total. The van der Waals surface area contributed by atoms with Crippen LogP contribution in [0, 0.1) is 0 Å². The maximum atomic E-state index is 12.6. The molecule has 8 heteroatoms. The summed E-state index contributed by atoms with van der Waals surface area (Å²) in [5.41, 5.74) is 1.53. The van der Waals surface area contributed by atoms with Gasteiger partial charge in [-0.3, -0.25) is 4.79 Å². The van der Waals surface area contributed by atoms with Gasteiger partial charge in [-0.2, -0.15) is 5.10 Å². The number of amides is 1. The molecule has 1 aliphatic heterocycles. The van der Waals surface area contributed by atoms with E-state index < -0.39 is 0 Å². The Morgan fingerprint density at radius 2 is 2.18 bits per heavy atom. The number of halogens is 2. The molecule has 1 atom stereocenters. The van der Waals surface area contributed by atoms with E-state index in [1.165, 1.54) is 6.33 Å². The van der Waals surface area contributed by atoms with Gasteiger partial charge >= 0.3 is 0 Å². The molecule has 22 heavy (non-hydrogen) atoms. The monoisotopic (exact) mass is 343 g/mol. The Balaban J connectivity index is 0.00000121. The Bertz CT molecular complexity index is 605. The molecule has 0 unspecified atom stereocenters. The first-order chi connectivity index (χ1) is 9.75. The van der Waals surface area contributed by atoms with E-state index in [0.29, 0.717) is 5.56 Å². The van der Waals surface area contributed by atoms with Gasteiger partial charge in [-0.15, -0.1) is 24.8 Å². The summed E-state index contributed by atoms with van der Waals surface area (Å²) in [7, 11) is 0. The van der Waals surface area contributed by atoms with Crippen molar-refractivity contribution < 1.29 is 4.79 Å². The van der Waals surface area contributed by atoms with E-state index in [9.17, 15) is 4.79 Å². The minimum atomic E-state index is 0. The number of carbonyl (C=O) groups excluding carboxylic acids is 1. The number of hydrogen-bond donors (Lipinski definition) is 1. The fourth-order valence-corrected chi connectivity index (χ4v) is 2.43. The van der Waals surface area contributed by atoms with Gasteiger partial charge in [0.25, 0.3) is 5.91 Å². The van der Waals surface area contributed by atoms with E-state index in [2.05, 4.69) is 22.3 Å². The maximum absolute atomic E-state index is 12.6. The number of benzene rings is 1. The molecule has 1 amide bonds. The zero-order valence-electron chi connectivity index (χ0n) is 12.2. The Morgan fingerprint density at radius 3 is 2.86 bits per heavy atom. The first-order valence-electron chi connectivity index (χ1n) is 6.72. The SMILES string of the molecule is C[C@H]1CNCCN1C(=O)c1cccc(-n2cncn2)c1.Cl.Cl. The molecule has 1 aliphatic rings. The number of rotatable bonds is 2. The zero-order chi connectivity index (χ0) is 13.9. The number of hydrogen-bond acceptors (Lipinski definition) is 4. The Labute approximate surface area is 141 Å². The van der Waals surface area contributed by atoms with Crippen molar-refractivity contribution in [2.45, 2.75) is 13.0 Å². The van der Waals surface area contributed by atoms with Crippen molar-refractivity contribution in [2.24, 2.45) is 0 Å². The molecule has 1 aromatic carbocycles. The Hall–Kier alpha value is -1.63. The van der Waals surface area contributed by atoms with Gasteiger partial charge in [-0.1, -0.05) is 6.07 Å². The molecule has 1 N–H and O–H groups in total. The summed E-state index contributed by atoms with van der Waals surface area (Å²) in [5.74, 6) is 0.0703. The molecule has 2 aromatic rings. The number of nitrogens with one attached hydrogen (secondary N) is 1. The van der Waals surface area contributed by atoms with Crippen molar-refractivity contribution in [3.8, 4) is 5.69 Å². The molecular weight excluding hydrogens is 325 g/mol. The van der Waals surface area contributed by atoms with Crippen molar-refractivity contribution in [3.05, 3.63) is 42.5 Å². The zero-order valence-corrected chi connectivity index (χ0v) is 13.8. The minimum Gasteiger partial charge on any atom is -0.333 e. The summed E-state index contributed by atoms with van der Waals surface area (Å²) in [6.45, 7) is 4.49. The number of nitrogens with zero attached hydrogens (tertiary/aromatic N) is 4. The molecule has 120 valence electrons. The van der Waals surface area contributed by atoms with Gasteiger partial charge in [0.15, 0.2) is 0 Å². The summed E-state index contributed by atoms with van der Waals surface area (Å²) in [6.07, 6.45) is 3.10. The Kier molecular flexibility index (Phi) is 6.80. The summed E-state index contributed by atoms with van der Waals surface area (Å²) in [5, 5.41) is 7.37. The molecule has 1 saturated heterocycles. The van der Waals surface area contributed by atoms with Gasteiger partial charge in [0.05, 0.1) is 5.69 Å². The van der Waals surface area contributed by atoms with Crippen molar-refractivity contribution in [1.29, 1.82) is 0 Å². The second-order valence-electron chi connectivity index (χ2n) is 4.94.